The number of rotatable bonds is 6. The summed E-state index contributed by atoms with van der Waals surface area (Å²) in [5, 5.41) is 3.35. The summed E-state index contributed by atoms with van der Waals surface area (Å²) < 4.78 is 5.01. The van der Waals surface area contributed by atoms with Gasteiger partial charge in [0.2, 0.25) is 0 Å². The number of hydrogen-bond acceptors (Lipinski definition) is 2. The van der Waals surface area contributed by atoms with Gasteiger partial charge in [0.25, 0.3) is 0 Å². The van der Waals surface area contributed by atoms with Crippen molar-refractivity contribution in [2.24, 2.45) is 0 Å². The van der Waals surface area contributed by atoms with Crippen LogP contribution in [0, 0.1) is 6.07 Å². The summed E-state index contributed by atoms with van der Waals surface area (Å²) in [7, 11) is 1.72. The summed E-state index contributed by atoms with van der Waals surface area (Å²) in [5.74, 6) is 0. The molecular formula is C16H18NO. The molecule has 0 saturated carbocycles. The molecule has 0 aliphatic heterocycles. The monoisotopic (exact) mass is 240 g/mol. The Labute approximate surface area is 109 Å². The van der Waals surface area contributed by atoms with Crippen LogP contribution in [0.25, 0.3) is 11.1 Å². The minimum absolute atomic E-state index is 0.743. The topological polar surface area (TPSA) is 21.3 Å². The molecule has 0 spiro atoms. The van der Waals surface area contributed by atoms with Crippen molar-refractivity contribution < 1.29 is 4.74 Å². The Bertz CT molecular complexity index is 468. The van der Waals surface area contributed by atoms with Gasteiger partial charge in [-0.05, 0) is 34.9 Å². The van der Waals surface area contributed by atoms with Crippen LogP contribution in [-0.2, 0) is 11.3 Å². The van der Waals surface area contributed by atoms with Crippen molar-refractivity contribution in [1.82, 2.24) is 5.32 Å². The van der Waals surface area contributed by atoms with Gasteiger partial charge in [0, 0.05) is 20.2 Å². The van der Waals surface area contributed by atoms with Crippen molar-refractivity contribution in [2.45, 2.75) is 6.54 Å². The van der Waals surface area contributed by atoms with Crippen molar-refractivity contribution in [3.05, 3.63) is 60.2 Å². The number of methoxy groups -OCH3 is 1. The molecule has 93 valence electrons. The first-order valence-corrected chi connectivity index (χ1v) is 6.15. The fourth-order valence-corrected chi connectivity index (χ4v) is 1.84. The van der Waals surface area contributed by atoms with Crippen LogP contribution in [0.15, 0.2) is 48.5 Å². The highest BCUT2D eigenvalue weighted by Gasteiger charge is 1.98. The average Bonchev–Trinajstić information content (AvgIpc) is 2.45. The quantitative estimate of drug-likeness (QED) is 0.784. The second-order valence-corrected chi connectivity index (χ2v) is 4.16. The highest BCUT2D eigenvalue weighted by atomic mass is 16.5. The van der Waals surface area contributed by atoms with E-state index in [-0.39, 0.29) is 0 Å². The molecule has 0 saturated heterocycles. The van der Waals surface area contributed by atoms with E-state index in [0.29, 0.717) is 0 Å². The van der Waals surface area contributed by atoms with Crippen molar-refractivity contribution in [3.8, 4) is 11.1 Å². The molecule has 1 N–H and O–H groups in total. The Morgan fingerprint density at radius 3 is 2.83 bits per heavy atom. The molecule has 0 bridgehead atoms. The van der Waals surface area contributed by atoms with Crippen molar-refractivity contribution in [3.63, 3.8) is 0 Å². The number of benzene rings is 2. The molecule has 2 aromatic rings. The van der Waals surface area contributed by atoms with Crippen molar-refractivity contribution in [2.75, 3.05) is 20.3 Å². The highest BCUT2D eigenvalue weighted by Crippen LogP contribution is 2.19. The SMILES string of the molecule is COCCNCc1cccc(-c2c[c]ccc2)c1. The van der Waals surface area contributed by atoms with Crippen LogP contribution < -0.4 is 5.32 Å². The zero-order valence-corrected chi connectivity index (χ0v) is 10.6. The largest absolute Gasteiger partial charge is 0.383 e. The first-order valence-electron chi connectivity index (χ1n) is 6.15. The molecule has 0 unspecified atom stereocenters. The van der Waals surface area contributed by atoms with Crippen LogP contribution in [0.2, 0.25) is 0 Å². The van der Waals surface area contributed by atoms with Crippen LogP contribution >= 0.6 is 0 Å². The fraction of sp³-hybridized carbons (Fsp3) is 0.250. The molecule has 2 heteroatoms. The van der Waals surface area contributed by atoms with E-state index in [1.54, 1.807) is 7.11 Å². The molecule has 0 atom stereocenters. The van der Waals surface area contributed by atoms with E-state index in [1.165, 1.54) is 16.7 Å². The van der Waals surface area contributed by atoms with Gasteiger partial charge in [0.1, 0.15) is 0 Å². The van der Waals surface area contributed by atoms with Crippen molar-refractivity contribution in [1.29, 1.82) is 0 Å². The number of nitrogens with one attached hydrogen (secondary N) is 1. The lowest BCUT2D eigenvalue weighted by Crippen LogP contribution is -2.18. The maximum atomic E-state index is 5.01. The van der Waals surface area contributed by atoms with E-state index in [1.807, 2.05) is 18.2 Å². The summed E-state index contributed by atoms with van der Waals surface area (Å²) in [6.07, 6.45) is 0. The van der Waals surface area contributed by atoms with Crippen LogP contribution in [0.4, 0.5) is 0 Å². The second-order valence-electron chi connectivity index (χ2n) is 4.16. The smallest absolute Gasteiger partial charge is 0.0587 e. The van der Waals surface area contributed by atoms with Gasteiger partial charge in [-0.3, -0.25) is 0 Å². The minimum atomic E-state index is 0.743. The van der Waals surface area contributed by atoms with Crippen LogP contribution in [0.3, 0.4) is 0 Å². The zero-order chi connectivity index (χ0) is 12.6. The Kier molecular flexibility index (Phi) is 4.94. The van der Waals surface area contributed by atoms with Crippen molar-refractivity contribution >= 4 is 0 Å². The Morgan fingerprint density at radius 1 is 1.17 bits per heavy atom. The molecule has 0 aliphatic rings. The maximum Gasteiger partial charge on any atom is 0.0587 e. The molecule has 1 radical (unpaired) electrons. The summed E-state index contributed by atoms with van der Waals surface area (Å²) in [6, 6.07) is 19.7. The second kappa shape index (κ2) is 6.94. The molecule has 2 nitrogen and oxygen atoms in total. The minimum Gasteiger partial charge on any atom is -0.383 e. The Hall–Kier alpha value is -1.64. The van der Waals surface area contributed by atoms with Crippen LogP contribution in [0.5, 0.6) is 0 Å². The molecular weight excluding hydrogens is 222 g/mol. The molecule has 2 aromatic carbocycles. The third-order valence-corrected chi connectivity index (χ3v) is 2.78. The maximum absolute atomic E-state index is 5.01. The summed E-state index contributed by atoms with van der Waals surface area (Å²) >= 11 is 0. The van der Waals surface area contributed by atoms with Gasteiger partial charge in [0.15, 0.2) is 0 Å². The van der Waals surface area contributed by atoms with Gasteiger partial charge < -0.3 is 10.1 Å². The molecule has 0 fully saturated rings. The van der Waals surface area contributed by atoms with E-state index in [0.717, 1.165) is 19.7 Å². The zero-order valence-electron chi connectivity index (χ0n) is 10.6. The highest BCUT2D eigenvalue weighted by molar-refractivity contribution is 5.63. The normalized spacial score (nSPS) is 10.5. The molecule has 0 aromatic heterocycles. The fourth-order valence-electron chi connectivity index (χ4n) is 1.84. The molecule has 0 heterocycles. The van der Waals surface area contributed by atoms with Gasteiger partial charge in [-0.15, -0.1) is 0 Å². The molecule has 0 amide bonds. The molecule has 0 aliphatic carbocycles. The standard InChI is InChI=1S/C16H18NO/c1-18-11-10-17-13-14-6-5-9-16(12-14)15-7-3-2-4-8-15/h2-3,5-9,12,17H,10-11,13H2,1H3. The third kappa shape index (κ3) is 3.69. The number of hydrogen-bond donors (Lipinski definition) is 1. The first-order chi connectivity index (χ1) is 8.90. The number of ether oxygens (including phenoxy) is 1. The van der Waals surface area contributed by atoms with Gasteiger partial charge >= 0.3 is 0 Å². The van der Waals surface area contributed by atoms with Gasteiger partial charge in [-0.25, -0.2) is 0 Å². The summed E-state index contributed by atoms with van der Waals surface area (Å²) in [6.45, 7) is 2.49. The lowest BCUT2D eigenvalue weighted by molar-refractivity contribution is 0.199. The van der Waals surface area contributed by atoms with E-state index < -0.39 is 0 Å². The van der Waals surface area contributed by atoms with Gasteiger partial charge in [-0.1, -0.05) is 36.4 Å². The van der Waals surface area contributed by atoms with Gasteiger partial charge in [-0.2, -0.15) is 0 Å². The van der Waals surface area contributed by atoms with E-state index >= 15 is 0 Å². The predicted octanol–water partition coefficient (Wildman–Crippen LogP) is 2.89. The van der Waals surface area contributed by atoms with Gasteiger partial charge in [0.05, 0.1) is 6.61 Å². The van der Waals surface area contributed by atoms with E-state index in [4.69, 9.17) is 4.74 Å². The first kappa shape index (κ1) is 12.8. The third-order valence-electron chi connectivity index (χ3n) is 2.78. The Morgan fingerprint density at radius 2 is 2.06 bits per heavy atom. The summed E-state index contributed by atoms with van der Waals surface area (Å²) in [5.41, 5.74) is 3.72. The lowest BCUT2D eigenvalue weighted by Gasteiger charge is -2.07. The average molecular weight is 240 g/mol. The van der Waals surface area contributed by atoms with E-state index in [2.05, 4.69) is 41.7 Å². The summed E-state index contributed by atoms with van der Waals surface area (Å²) in [4.78, 5) is 0. The molecule has 2 rings (SSSR count). The molecule has 18 heavy (non-hydrogen) atoms. The Balaban J connectivity index is 2.02. The van der Waals surface area contributed by atoms with Crippen LogP contribution in [-0.4, -0.2) is 20.3 Å². The van der Waals surface area contributed by atoms with E-state index in [9.17, 15) is 0 Å². The van der Waals surface area contributed by atoms with Crippen LogP contribution in [0.1, 0.15) is 5.56 Å². The predicted molar refractivity (Wildman–Crippen MR) is 74.3 cm³/mol. The lowest BCUT2D eigenvalue weighted by atomic mass is 10.0.